The van der Waals surface area contributed by atoms with Crippen LogP contribution in [0.15, 0.2) is 36.5 Å². The normalized spacial score (nSPS) is 11.3. The number of hydrogen-bond donors (Lipinski definition) is 3. The monoisotopic (exact) mass is 459 g/mol. The molecule has 0 spiro atoms. The highest BCUT2D eigenvalue weighted by Gasteiger charge is 2.38. The number of amides is 1. The standard InChI is InChI=1S/C14H11ClF3N3O2.C2HF3O2/c15-9-5-11(13(20)22)12(19)21(7-9)6-8-1-3-10(4-2-8)23-14(16,17)18;3-2(4,5)1(6)7/h1-5,7,19H,6H2,(H2,20,22);(H,6,7). The Hall–Kier alpha value is -3.22. The summed E-state index contributed by atoms with van der Waals surface area (Å²) in [6.45, 7) is 0.131. The lowest BCUT2D eigenvalue weighted by molar-refractivity contribution is -0.274. The van der Waals surface area contributed by atoms with Crippen molar-refractivity contribution >= 4 is 23.5 Å². The van der Waals surface area contributed by atoms with Crippen LogP contribution in [0.1, 0.15) is 15.9 Å². The number of nitrogens with zero attached hydrogens (tertiary/aromatic N) is 1. The topological polar surface area (TPSA) is 118 Å². The molecule has 7 nitrogen and oxygen atoms in total. The van der Waals surface area contributed by atoms with Crippen molar-refractivity contribution in [2.45, 2.75) is 19.1 Å². The van der Waals surface area contributed by atoms with Gasteiger partial charge in [0.15, 0.2) is 0 Å². The van der Waals surface area contributed by atoms with Crippen LogP contribution in [0.4, 0.5) is 26.3 Å². The van der Waals surface area contributed by atoms with Crippen LogP contribution in [-0.4, -0.2) is 34.1 Å². The Bertz CT molecular complexity index is 971. The van der Waals surface area contributed by atoms with Gasteiger partial charge in [0.2, 0.25) is 0 Å². The van der Waals surface area contributed by atoms with Gasteiger partial charge in [-0.2, -0.15) is 13.2 Å². The average molecular weight is 460 g/mol. The van der Waals surface area contributed by atoms with E-state index in [1.54, 1.807) is 0 Å². The van der Waals surface area contributed by atoms with Gasteiger partial charge < -0.3 is 20.1 Å². The van der Waals surface area contributed by atoms with Crippen molar-refractivity contribution in [1.82, 2.24) is 4.57 Å². The summed E-state index contributed by atoms with van der Waals surface area (Å²) in [5.74, 6) is -3.89. The molecule has 1 amide bonds. The molecule has 4 N–H and O–H groups in total. The first-order chi connectivity index (χ1) is 13.6. The maximum Gasteiger partial charge on any atom is 0.573 e. The number of nitrogens with two attached hydrogens (primary N) is 1. The van der Waals surface area contributed by atoms with E-state index in [0.717, 1.165) is 12.1 Å². The lowest BCUT2D eigenvalue weighted by atomic mass is 10.2. The Morgan fingerprint density at radius 2 is 1.63 bits per heavy atom. The minimum absolute atomic E-state index is 0.0467. The van der Waals surface area contributed by atoms with Crippen LogP contribution in [-0.2, 0) is 11.3 Å². The average Bonchev–Trinajstić information content (AvgIpc) is 2.57. The predicted octanol–water partition coefficient (Wildman–Crippen LogP) is 3.30. The number of ether oxygens (including phenoxy) is 1. The van der Waals surface area contributed by atoms with E-state index in [4.69, 9.17) is 32.6 Å². The molecule has 1 heterocycles. The van der Waals surface area contributed by atoms with E-state index >= 15 is 0 Å². The summed E-state index contributed by atoms with van der Waals surface area (Å²) in [6, 6.07) is 6.43. The van der Waals surface area contributed by atoms with Crippen LogP contribution in [0.2, 0.25) is 5.02 Å². The molecule has 164 valence electrons. The molecule has 0 aliphatic rings. The molecule has 14 heteroatoms. The van der Waals surface area contributed by atoms with E-state index in [9.17, 15) is 31.1 Å². The maximum absolute atomic E-state index is 12.1. The van der Waals surface area contributed by atoms with Crippen molar-refractivity contribution in [3.63, 3.8) is 0 Å². The first-order valence-electron chi connectivity index (χ1n) is 7.49. The highest BCUT2D eigenvalue weighted by Crippen LogP contribution is 2.23. The molecule has 0 unspecified atom stereocenters. The van der Waals surface area contributed by atoms with Gasteiger partial charge in [-0.15, -0.1) is 13.2 Å². The zero-order valence-electron chi connectivity index (χ0n) is 14.5. The number of aromatic nitrogens is 1. The first kappa shape index (κ1) is 24.8. The molecule has 1 aromatic carbocycles. The van der Waals surface area contributed by atoms with E-state index in [2.05, 4.69) is 4.74 Å². The van der Waals surface area contributed by atoms with Crippen LogP contribution in [0.5, 0.6) is 5.75 Å². The van der Waals surface area contributed by atoms with Crippen molar-refractivity contribution in [3.8, 4) is 5.75 Å². The highest BCUT2D eigenvalue weighted by atomic mass is 35.5. The van der Waals surface area contributed by atoms with E-state index in [-0.39, 0.29) is 28.4 Å². The third-order valence-electron chi connectivity index (χ3n) is 3.12. The second-order valence-electron chi connectivity index (χ2n) is 5.41. The molecule has 30 heavy (non-hydrogen) atoms. The minimum atomic E-state index is -5.08. The number of benzene rings is 1. The maximum atomic E-state index is 12.1. The molecule has 0 aliphatic heterocycles. The van der Waals surface area contributed by atoms with Gasteiger partial charge in [-0.1, -0.05) is 23.7 Å². The van der Waals surface area contributed by atoms with Crippen LogP contribution < -0.4 is 16.0 Å². The Labute approximate surface area is 168 Å². The quantitative estimate of drug-likeness (QED) is 0.608. The first-order valence-corrected chi connectivity index (χ1v) is 7.87. The lowest BCUT2D eigenvalue weighted by Gasteiger charge is -2.12. The van der Waals surface area contributed by atoms with Crippen molar-refractivity contribution in [2.75, 3.05) is 0 Å². The van der Waals surface area contributed by atoms with Crippen molar-refractivity contribution in [3.05, 3.63) is 58.2 Å². The van der Waals surface area contributed by atoms with Crippen molar-refractivity contribution in [2.24, 2.45) is 5.73 Å². The Morgan fingerprint density at radius 1 is 1.13 bits per heavy atom. The van der Waals surface area contributed by atoms with Crippen molar-refractivity contribution in [1.29, 1.82) is 5.41 Å². The van der Waals surface area contributed by atoms with Crippen LogP contribution in [0.3, 0.4) is 0 Å². The molecule has 0 aliphatic carbocycles. The molecule has 0 fully saturated rings. The number of primary amides is 1. The van der Waals surface area contributed by atoms with Gasteiger partial charge in [-0.3, -0.25) is 10.2 Å². The number of carbonyl (C=O) groups excluding carboxylic acids is 1. The number of hydrogen-bond acceptors (Lipinski definition) is 4. The molecule has 0 atom stereocenters. The third-order valence-corrected chi connectivity index (χ3v) is 3.33. The molecular weight excluding hydrogens is 448 g/mol. The number of halogens is 7. The summed E-state index contributed by atoms with van der Waals surface area (Å²) in [5.41, 5.74) is 5.58. The van der Waals surface area contributed by atoms with Gasteiger partial charge in [0.1, 0.15) is 11.2 Å². The molecular formula is C16H12ClF6N3O4. The number of carboxylic acid groups (broad SMARTS) is 1. The fourth-order valence-corrected chi connectivity index (χ4v) is 2.14. The summed E-state index contributed by atoms with van der Waals surface area (Å²) in [5, 5.41) is 15.3. The number of pyridine rings is 1. The van der Waals surface area contributed by atoms with E-state index < -0.39 is 24.4 Å². The Balaban J connectivity index is 0.000000553. The second kappa shape index (κ2) is 9.52. The summed E-state index contributed by atoms with van der Waals surface area (Å²) in [6.07, 6.45) is -8.41. The molecule has 2 aromatic rings. The third kappa shape index (κ3) is 8.03. The largest absolute Gasteiger partial charge is 0.573 e. The number of rotatable bonds is 4. The van der Waals surface area contributed by atoms with Gasteiger partial charge in [-0.25, -0.2) is 4.79 Å². The smallest absolute Gasteiger partial charge is 0.475 e. The van der Waals surface area contributed by atoms with Gasteiger partial charge >= 0.3 is 18.5 Å². The number of carbonyl (C=O) groups is 2. The van der Waals surface area contributed by atoms with Crippen LogP contribution in [0, 0.1) is 5.41 Å². The van der Waals surface area contributed by atoms with Gasteiger partial charge in [0, 0.05) is 12.7 Å². The van der Waals surface area contributed by atoms with Crippen molar-refractivity contribution < 1.29 is 45.8 Å². The molecule has 0 saturated carbocycles. The minimum Gasteiger partial charge on any atom is -0.475 e. The predicted molar refractivity (Wildman–Crippen MR) is 89.7 cm³/mol. The number of carboxylic acids is 1. The zero-order chi connectivity index (χ0) is 23.3. The number of nitrogens with one attached hydrogen (secondary N) is 1. The highest BCUT2D eigenvalue weighted by molar-refractivity contribution is 6.30. The molecule has 2 rings (SSSR count). The molecule has 0 bridgehead atoms. The zero-order valence-corrected chi connectivity index (χ0v) is 15.3. The summed E-state index contributed by atoms with van der Waals surface area (Å²) in [7, 11) is 0. The summed E-state index contributed by atoms with van der Waals surface area (Å²) in [4.78, 5) is 20.2. The fraction of sp³-hybridized carbons (Fsp3) is 0.188. The van der Waals surface area contributed by atoms with Crippen LogP contribution in [0.25, 0.3) is 0 Å². The molecule has 1 aromatic heterocycles. The summed E-state index contributed by atoms with van der Waals surface area (Å²) < 4.78 is 73.2. The Morgan fingerprint density at radius 3 is 2.03 bits per heavy atom. The second-order valence-corrected chi connectivity index (χ2v) is 5.84. The molecule has 0 saturated heterocycles. The fourth-order valence-electron chi connectivity index (χ4n) is 1.92. The van der Waals surface area contributed by atoms with E-state index in [1.807, 2.05) is 0 Å². The van der Waals surface area contributed by atoms with Gasteiger partial charge in [0.25, 0.3) is 5.91 Å². The van der Waals surface area contributed by atoms with Gasteiger partial charge in [0.05, 0.1) is 10.6 Å². The number of alkyl halides is 6. The number of aliphatic carboxylic acids is 1. The van der Waals surface area contributed by atoms with E-state index in [0.29, 0.717) is 5.56 Å². The van der Waals surface area contributed by atoms with Crippen LogP contribution >= 0.6 is 11.6 Å². The Kier molecular flexibility index (Phi) is 7.87. The lowest BCUT2D eigenvalue weighted by Crippen LogP contribution is -2.29. The van der Waals surface area contributed by atoms with E-state index in [1.165, 1.54) is 29.0 Å². The molecule has 0 radical (unpaired) electrons. The van der Waals surface area contributed by atoms with Gasteiger partial charge in [-0.05, 0) is 23.8 Å². The summed E-state index contributed by atoms with van der Waals surface area (Å²) >= 11 is 5.87. The SMILES string of the molecule is N=c1c(C(N)=O)cc(Cl)cn1Cc1ccc(OC(F)(F)F)cc1.O=C(O)C(F)(F)F.